The minimum Gasteiger partial charge on any atom is -0.484 e. The van der Waals surface area contributed by atoms with Crippen LogP contribution in [0.1, 0.15) is 10.4 Å². The largest absolute Gasteiger partial charge is 0.484 e. The Morgan fingerprint density at radius 3 is 2.64 bits per heavy atom. The number of ether oxygens (including phenoxy) is 1. The molecule has 0 saturated heterocycles. The Morgan fingerprint density at radius 1 is 1.24 bits per heavy atom. The van der Waals surface area contributed by atoms with Crippen LogP contribution in [0.15, 0.2) is 47.8 Å². The molecule has 0 aliphatic rings. The van der Waals surface area contributed by atoms with E-state index in [0.717, 1.165) is 10.6 Å². The predicted molar refractivity (Wildman–Crippen MR) is 87.8 cm³/mol. The molecule has 3 aromatic rings. The summed E-state index contributed by atoms with van der Waals surface area (Å²) < 4.78 is 40.9. The fourth-order valence-corrected chi connectivity index (χ4v) is 2.69. The molecule has 9 heteroatoms. The van der Waals surface area contributed by atoms with Gasteiger partial charge in [-0.15, -0.1) is 11.3 Å². The number of thiophene rings is 1. The zero-order chi connectivity index (χ0) is 17.9. The van der Waals surface area contributed by atoms with Crippen molar-refractivity contribution < 1.29 is 22.7 Å². The summed E-state index contributed by atoms with van der Waals surface area (Å²) in [6, 6.07) is 10.9. The summed E-state index contributed by atoms with van der Waals surface area (Å²) in [4.78, 5) is 13.1. The maximum Gasteiger partial charge on any atom is 0.422 e. The van der Waals surface area contributed by atoms with Crippen LogP contribution >= 0.6 is 11.3 Å². The topological polar surface area (TPSA) is 67.0 Å². The molecule has 5 nitrogen and oxygen atoms in total. The van der Waals surface area contributed by atoms with Crippen LogP contribution in [-0.2, 0) is 0 Å². The number of hydrogen-bond acceptors (Lipinski definition) is 4. The van der Waals surface area contributed by atoms with E-state index < -0.39 is 18.7 Å². The number of nitrogens with zero attached hydrogens (tertiary/aromatic N) is 1. The molecule has 2 heterocycles. The van der Waals surface area contributed by atoms with Crippen molar-refractivity contribution in [2.24, 2.45) is 0 Å². The second-order valence-electron chi connectivity index (χ2n) is 5.03. The first kappa shape index (κ1) is 17.0. The van der Waals surface area contributed by atoms with Gasteiger partial charge in [-0.25, -0.2) is 0 Å². The zero-order valence-electron chi connectivity index (χ0n) is 12.6. The second kappa shape index (κ2) is 6.98. The summed E-state index contributed by atoms with van der Waals surface area (Å²) in [6.45, 7) is -1.38. The molecule has 2 aromatic heterocycles. The lowest BCUT2D eigenvalue weighted by atomic mass is 10.2. The van der Waals surface area contributed by atoms with Crippen LogP contribution in [0.2, 0.25) is 0 Å². The minimum atomic E-state index is -4.41. The van der Waals surface area contributed by atoms with Crippen molar-refractivity contribution >= 4 is 23.1 Å². The third-order valence-corrected chi connectivity index (χ3v) is 4.03. The highest BCUT2D eigenvalue weighted by Crippen LogP contribution is 2.24. The zero-order valence-corrected chi connectivity index (χ0v) is 13.4. The number of alkyl halides is 3. The summed E-state index contributed by atoms with van der Waals surface area (Å²) in [7, 11) is 0. The van der Waals surface area contributed by atoms with E-state index >= 15 is 0 Å². The van der Waals surface area contributed by atoms with E-state index in [4.69, 9.17) is 0 Å². The van der Waals surface area contributed by atoms with Gasteiger partial charge in [0, 0.05) is 11.6 Å². The maximum atomic E-state index is 12.2. The van der Waals surface area contributed by atoms with Crippen molar-refractivity contribution in [1.82, 2.24) is 10.2 Å². The van der Waals surface area contributed by atoms with Gasteiger partial charge in [-0.1, -0.05) is 6.07 Å². The molecule has 0 aliphatic carbocycles. The van der Waals surface area contributed by atoms with Crippen LogP contribution in [0.5, 0.6) is 5.75 Å². The number of carbonyl (C=O) groups excluding carboxylic acids is 1. The molecule has 0 spiro atoms. The number of aromatic nitrogens is 2. The first-order valence-electron chi connectivity index (χ1n) is 7.11. The highest BCUT2D eigenvalue weighted by molar-refractivity contribution is 7.13. The van der Waals surface area contributed by atoms with E-state index in [1.165, 1.54) is 35.6 Å². The Bertz CT molecular complexity index is 842. The Hall–Kier alpha value is -2.81. The highest BCUT2D eigenvalue weighted by atomic mass is 32.1. The van der Waals surface area contributed by atoms with Gasteiger partial charge in [-0.05, 0) is 35.7 Å². The summed E-state index contributed by atoms with van der Waals surface area (Å²) in [5.41, 5.74) is 1.06. The van der Waals surface area contributed by atoms with E-state index in [0.29, 0.717) is 5.82 Å². The molecule has 1 aromatic carbocycles. The number of nitrogens with one attached hydrogen (secondary N) is 2. The molecule has 0 unspecified atom stereocenters. The van der Waals surface area contributed by atoms with Gasteiger partial charge < -0.3 is 10.1 Å². The summed E-state index contributed by atoms with van der Waals surface area (Å²) in [5.74, 6) is -0.0361. The van der Waals surface area contributed by atoms with Gasteiger partial charge >= 0.3 is 6.18 Å². The van der Waals surface area contributed by atoms with E-state index in [9.17, 15) is 18.0 Å². The molecule has 0 fully saturated rings. The van der Waals surface area contributed by atoms with Crippen LogP contribution in [0, 0.1) is 0 Å². The number of rotatable bonds is 5. The van der Waals surface area contributed by atoms with Crippen molar-refractivity contribution in [2.45, 2.75) is 6.18 Å². The summed E-state index contributed by atoms with van der Waals surface area (Å²) in [5, 5.41) is 11.4. The summed E-state index contributed by atoms with van der Waals surface area (Å²) in [6.07, 6.45) is -4.41. The fourth-order valence-electron chi connectivity index (χ4n) is 2.00. The van der Waals surface area contributed by atoms with Gasteiger partial charge in [0.2, 0.25) is 0 Å². The van der Waals surface area contributed by atoms with E-state index in [-0.39, 0.29) is 11.3 Å². The lowest BCUT2D eigenvalue weighted by Crippen LogP contribution is -2.19. The van der Waals surface area contributed by atoms with Gasteiger partial charge in [0.25, 0.3) is 5.91 Å². The standard InChI is InChI=1S/C16H12F3N3O2S/c17-16(18,19)9-24-11-5-3-10(4-6-11)15(23)20-14-8-12(21-22-14)13-2-1-7-25-13/h1-8H,9H2,(H2,20,21,22,23). The van der Waals surface area contributed by atoms with Crippen LogP contribution in [0.3, 0.4) is 0 Å². The molecule has 0 saturated carbocycles. The third-order valence-electron chi connectivity index (χ3n) is 3.13. The molecule has 0 aliphatic heterocycles. The number of benzene rings is 1. The SMILES string of the molecule is O=C(Nc1cc(-c2cccs2)[nH]n1)c1ccc(OCC(F)(F)F)cc1. The third kappa shape index (κ3) is 4.60. The van der Waals surface area contributed by atoms with Crippen molar-refractivity contribution in [3.63, 3.8) is 0 Å². The van der Waals surface area contributed by atoms with Crippen molar-refractivity contribution in [1.29, 1.82) is 0 Å². The van der Waals surface area contributed by atoms with E-state index in [1.807, 2.05) is 17.5 Å². The number of halogens is 3. The molecule has 2 N–H and O–H groups in total. The summed E-state index contributed by atoms with van der Waals surface area (Å²) >= 11 is 1.53. The van der Waals surface area contributed by atoms with E-state index in [2.05, 4.69) is 20.3 Å². The smallest absolute Gasteiger partial charge is 0.422 e. The van der Waals surface area contributed by atoms with Crippen molar-refractivity contribution in [3.8, 4) is 16.3 Å². The fraction of sp³-hybridized carbons (Fsp3) is 0.125. The monoisotopic (exact) mass is 367 g/mol. The van der Waals surface area contributed by atoms with Crippen LogP contribution in [0.25, 0.3) is 10.6 Å². The second-order valence-corrected chi connectivity index (χ2v) is 5.97. The molecule has 1 amide bonds. The molecular formula is C16H12F3N3O2S. The molecular weight excluding hydrogens is 355 g/mol. The molecule has 0 radical (unpaired) electrons. The molecule has 130 valence electrons. The molecule has 0 bridgehead atoms. The number of H-pyrrole nitrogens is 1. The first-order valence-corrected chi connectivity index (χ1v) is 7.99. The lowest BCUT2D eigenvalue weighted by molar-refractivity contribution is -0.153. The highest BCUT2D eigenvalue weighted by Gasteiger charge is 2.28. The first-order chi connectivity index (χ1) is 11.9. The molecule has 0 atom stereocenters. The van der Waals surface area contributed by atoms with Gasteiger partial charge in [-0.3, -0.25) is 9.89 Å². The Morgan fingerprint density at radius 2 is 2.00 bits per heavy atom. The molecule has 25 heavy (non-hydrogen) atoms. The van der Waals surface area contributed by atoms with E-state index in [1.54, 1.807) is 6.07 Å². The van der Waals surface area contributed by atoms with Crippen molar-refractivity contribution in [3.05, 3.63) is 53.4 Å². The predicted octanol–water partition coefficient (Wildman–Crippen LogP) is 4.33. The average Bonchev–Trinajstić information content (AvgIpc) is 3.24. The number of aromatic amines is 1. The van der Waals surface area contributed by atoms with Crippen molar-refractivity contribution in [2.75, 3.05) is 11.9 Å². The van der Waals surface area contributed by atoms with Crippen LogP contribution < -0.4 is 10.1 Å². The average molecular weight is 367 g/mol. The lowest BCUT2D eigenvalue weighted by Gasteiger charge is -2.09. The molecule has 3 rings (SSSR count). The normalized spacial score (nSPS) is 11.3. The number of anilines is 1. The Balaban J connectivity index is 1.61. The van der Waals surface area contributed by atoms with Gasteiger partial charge in [-0.2, -0.15) is 18.3 Å². The number of carbonyl (C=O) groups is 1. The Labute approximate surface area is 144 Å². The number of hydrogen-bond donors (Lipinski definition) is 2. The van der Waals surface area contributed by atoms with Gasteiger partial charge in [0.05, 0.1) is 10.6 Å². The number of amides is 1. The quantitative estimate of drug-likeness (QED) is 0.705. The Kier molecular flexibility index (Phi) is 4.75. The van der Waals surface area contributed by atoms with Crippen LogP contribution in [-0.4, -0.2) is 28.9 Å². The maximum absolute atomic E-state index is 12.2. The van der Waals surface area contributed by atoms with Gasteiger partial charge in [0.15, 0.2) is 12.4 Å². The minimum absolute atomic E-state index is 0.0358. The van der Waals surface area contributed by atoms with Crippen LogP contribution in [0.4, 0.5) is 19.0 Å². The van der Waals surface area contributed by atoms with Gasteiger partial charge in [0.1, 0.15) is 5.75 Å².